The number of aromatic nitrogens is 3. The fourth-order valence-corrected chi connectivity index (χ4v) is 2.48. The first kappa shape index (κ1) is 22.3. The maximum Gasteiger partial charge on any atom is 0.269 e. The topological polar surface area (TPSA) is 110 Å². The second-order valence-electron chi connectivity index (χ2n) is 6.30. The molecule has 0 aliphatic carbocycles. The van der Waals surface area contributed by atoms with Crippen LogP contribution in [0.3, 0.4) is 0 Å². The molecule has 0 aliphatic rings. The Kier molecular flexibility index (Phi) is 8.07. The zero-order valence-electron chi connectivity index (χ0n) is 15.9. The third-order valence-electron chi connectivity index (χ3n) is 3.92. The van der Waals surface area contributed by atoms with E-state index in [-0.39, 0.29) is 29.7 Å². The summed E-state index contributed by atoms with van der Waals surface area (Å²) in [6, 6.07) is 12.1. The molecule has 2 aromatic heterocycles. The van der Waals surface area contributed by atoms with Crippen molar-refractivity contribution in [2.75, 3.05) is 6.54 Å². The smallest absolute Gasteiger partial charge is 0.269 e. The summed E-state index contributed by atoms with van der Waals surface area (Å²) < 4.78 is 1.90. The van der Waals surface area contributed by atoms with E-state index in [0.717, 1.165) is 22.6 Å². The van der Waals surface area contributed by atoms with Crippen LogP contribution in [0.4, 0.5) is 5.69 Å². The highest BCUT2D eigenvalue weighted by molar-refractivity contribution is 14.0. The lowest BCUT2D eigenvalue weighted by molar-refractivity contribution is -0.384. The molecule has 2 heterocycles. The van der Waals surface area contributed by atoms with E-state index in [0.29, 0.717) is 25.6 Å². The minimum absolute atomic E-state index is 0. The molecule has 0 amide bonds. The van der Waals surface area contributed by atoms with Crippen molar-refractivity contribution in [1.82, 2.24) is 25.2 Å². The number of guanidine groups is 1. The first-order valence-corrected chi connectivity index (χ1v) is 8.71. The third kappa shape index (κ3) is 6.24. The Bertz CT molecular complexity index is 1010. The Morgan fingerprint density at radius 1 is 1.21 bits per heavy atom. The number of rotatable bonds is 7. The fourth-order valence-electron chi connectivity index (χ4n) is 2.48. The Morgan fingerprint density at radius 2 is 1.97 bits per heavy atom. The van der Waals surface area contributed by atoms with E-state index in [1.165, 1.54) is 12.1 Å². The molecule has 3 rings (SSSR count). The molecule has 3 aromatic rings. The number of fused-ring (bicyclic) bond motifs is 1. The van der Waals surface area contributed by atoms with Crippen LogP contribution in [-0.4, -0.2) is 32.0 Å². The number of non-ortho nitro benzene ring substituents is 1. The van der Waals surface area contributed by atoms with Crippen molar-refractivity contribution in [2.24, 2.45) is 4.99 Å². The normalized spacial score (nSPS) is 11.0. The molecule has 2 N–H and O–H groups in total. The number of nitro benzene ring substituents is 1. The van der Waals surface area contributed by atoms with E-state index < -0.39 is 4.92 Å². The molecule has 0 radical (unpaired) electrons. The van der Waals surface area contributed by atoms with Crippen LogP contribution in [0.5, 0.6) is 0 Å². The van der Waals surface area contributed by atoms with Crippen molar-refractivity contribution in [3.8, 4) is 0 Å². The van der Waals surface area contributed by atoms with Gasteiger partial charge in [0.25, 0.3) is 5.69 Å². The summed E-state index contributed by atoms with van der Waals surface area (Å²) in [6.07, 6.45) is 1.90. The third-order valence-corrected chi connectivity index (χ3v) is 3.92. The summed E-state index contributed by atoms with van der Waals surface area (Å²) in [5.74, 6) is 1.35. The highest BCUT2D eigenvalue weighted by Gasteiger charge is 2.07. The molecule has 0 spiro atoms. The fraction of sp³-hybridized carbons (Fsp3) is 0.211. The summed E-state index contributed by atoms with van der Waals surface area (Å²) in [7, 11) is 0. The highest BCUT2D eigenvalue weighted by atomic mass is 127. The molecule has 0 saturated heterocycles. The molecule has 152 valence electrons. The zero-order valence-corrected chi connectivity index (χ0v) is 18.2. The highest BCUT2D eigenvalue weighted by Crippen LogP contribution is 2.12. The number of aliphatic imine (C=N–C) groups is 1. The molecule has 0 aliphatic heterocycles. The van der Waals surface area contributed by atoms with Gasteiger partial charge in [0.2, 0.25) is 0 Å². The van der Waals surface area contributed by atoms with Gasteiger partial charge in [0, 0.05) is 24.9 Å². The van der Waals surface area contributed by atoms with E-state index in [4.69, 9.17) is 0 Å². The van der Waals surface area contributed by atoms with Crippen LogP contribution in [0.1, 0.15) is 18.3 Å². The van der Waals surface area contributed by atoms with E-state index in [9.17, 15) is 10.1 Å². The largest absolute Gasteiger partial charge is 0.353 e. The van der Waals surface area contributed by atoms with E-state index in [1.54, 1.807) is 12.1 Å². The number of hydrogen-bond donors (Lipinski definition) is 2. The Hall–Kier alpha value is -3.02. The van der Waals surface area contributed by atoms with Crippen LogP contribution in [0, 0.1) is 10.1 Å². The lowest BCUT2D eigenvalue weighted by Crippen LogP contribution is -2.38. The van der Waals surface area contributed by atoms with Gasteiger partial charge < -0.3 is 10.6 Å². The van der Waals surface area contributed by atoms with Gasteiger partial charge in [-0.15, -0.1) is 34.2 Å². The van der Waals surface area contributed by atoms with E-state index in [1.807, 2.05) is 35.7 Å². The lowest BCUT2D eigenvalue weighted by atomic mass is 10.2. The molecule has 0 unspecified atom stereocenters. The van der Waals surface area contributed by atoms with Gasteiger partial charge >= 0.3 is 0 Å². The number of nitrogens with zero attached hydrogens (tertiary/aromatic N) is 5. The number of pyridine rings is 1. The molecule has 0 saturated carbocycles. The molecule has 0 fully saturated rings. The maximum absolute atomic E-state index is 10.8. The maximum atomic E-state index is 10.8. The molecule has 10 heteroatoms. The second kappa shape index (κ2) is 10.5. The Labute approximate surface area is 185 Å². The van der Waals surface area contributed by atoms with Gasteiger partial charge in [-0.2, -0.15) is 0 Å². The van der Waals surface area contributed by atoms with Crippen LogP contribution in [0.25, 0.3) is 5.65 Å². The lowest BCUT2D eigenvalue weighted by Gasteiger charge is -2.12. The average molecular weight is 507 g/mol. The molecular weight excluding hydrogens is 485 g/mol. The Morgan fingerprint density at radius 3 is 2.66 bits per heavy atom. The zero-order chi connectivity index (χ0) is 19.9. The van der Waals surface area contributed by atoms with Gasteiger partial charge in [0.05, 0.1) is 18.0 Å². The monoisotopic (exact) mass is 507 g/mol. The molecule has 0 atom stereocenters. The number of nitrogens with one attached hydrogen (secondary N) is 2. The Balaban J connectivity index is 0.00000300. The van der Waals surface area contributed by atoms with Crippen molar-refractivity contribution in [2.45, 2.75) is 20.0 Å². The van der Waals surface area contributed by atoms with E-state index >= 15 is 0 Å². The van der Waals surface area contributed by atoms with Crippen molar-refractivity contribution in [3.05, 3.63) is 82.3 Å². The predicted molar refractivity (Wildman–Crippen MR) is 122 cm³/mol. The summed E-state index contributed by atoms with van der Waals surface area (Å²) in [6.45, 7) is 7.20. The SMILES string of the molecule is C=C(C)CNC(=NCc1ccc([N+](=O)[O-])cc1)NCc1nnc2ccccn12.I. The van der Waals surface area contributed by atoms with Crippen molar-refractivity contribution < 1.29 is 4.92 Å². The predicted octanol–water partition coefficient (Wildman–Crippen LogP) is 3.07. The van der Waals surface area contributed by atoms with Crippen LogP contribution in [0.2, 0.25) is 0 Å². The number of hydrogen-bond acceptors (Lipinski definition) is 5. The number of benzene rings is 1. The van der Waals surface area contributed by atoms with Gasteiger partial charge in [-0.3, -0.25) is 14.5 Å². The van der Waals surface area contributed by atoms with Crippen LogP contribution < -0.4 is 10.6 Å². The van der Waals surface area contributed by atoms with Gasteiger partial charge in [-0.1, -0.05) is 30.4 Å². The summed E-state index contributed by atoms with van der Waals surface area (Å²) in [4.78, 5) is 14.9. The number of halogens is 1. The standard InChI is InChI=1S/C19H21N7O2.HI/c1-14(2)11-20-19(21-12-15-6-8-16(9-7-15)26(27)28)22-13-18-24-23-17-5-3-4-10-25(17)18;/h3-10H,1,11-13H2,2H3,(H2,20,21,22);1H. The molecule has 9 nitrogen and oxygen atoms in total. The first-order chi connectivity index (χ1) is 13.5. The summed E-state index contributed by atoms with van der Waals surface area (Å²) in [5, 5.41) is 25.5. The average Bonchev–Trinajstić information content (AvgIpc) is 3.11. The van der Waals surface area contributed by atoms with Crippen LogP contribution >= 0.6 is 24.0 Å². The van der Waals surface area contributed by atoms with Gasteiger partial charge in [-0.05, 0) is 24.6 Å². The van der Waals surface area contributed by atoms with Crippen LogP contribution in [0.15, 0.2) is 65.8 Å². The second-order valence-corrected chi connectivity index (χ2v) is 6.30. The van der Waals surface area contributed by atoms with Gasteiger partial charge in [0.1, 0.15) is 0 Å². The van der Waals surface area contributed by atoms with E-state index in [2.05, 4.69) is 32.4 Å². The van der Waals surface area contributed by atoms with Crippen LogP contribution in [-0.2, 0) is 13.1 Å². The van der Waals surface area contributed by atoms with Gasteiger partial charge in [0.15, 0.2) is 17.4 Å². The molecular formula is C19H22IN7O2. The summed E-state index contributed by atoms with van der Waals surface area (Å²) >= 11 is 0. The molecule has 29 heavy (non-hydrogen) atoms. The van der Waals surface area contributed by atoms with Gasteiger partial charge in [-0.25, -0.2) is 4.99 Å². The first-order valence-electron chi connectivity index (χ1n) is 8.71. The minimum Gasteiger partial charge on any atom is -0.353 e. The van der Waals surface area contributed by atoms with Crippen molar-refractivity contribution in [3.63, 3.8) is 0 Å². The quantitative estimate of drug-likeness (QED) is 0.127. The molecule has 1 aromatic carbocycles. The molecule has 0 bridgehead atoms. The van der Waals surface area contributed by atoms with Crippen molar-refractivity contribution in [1.29, 1.82) is 0 Å². The van der Waals surface area contributed by atoms with Crippen molar-refractivity contribution >= 4 is 41.3 Å². The summed E-state index contributed by atoms with van der Waals surface area (Å²) in [5.41, 5.74) is 2.68. The number of nitro groups is 1. The minimum atomic E-state index is -0.419.